The maximum Gasteiger partial charge on any atom is 0.313 e. The number of benzene rings is 2. The molecule has 174 valence electrons. The number of hydrogen-bond donors (Lipinski definition) is 1. The molecule has 0 saturated heterocycles. The van der Waals surface area contributed by atoms with Crippen LogP contribution in [-0.2, 0) is 20.6 Å². The minimum atomic E-state index is -3.71. The Labute approximate surface area is 199 Å². The van der Waals surface area contributed by atoms with E-state index in [-0.39, 0.29) is 16.7 Å². The third kappa shape index (κ3) is 5.44. The van der Waals surface area contributed by atoms with Gasteiger partial charge >= 0.3 is 5.97 Å². The molecule has 0 amide bonds. The predicted octanol–water partition coefficient (Wildman–Crippen LogP) is 5.06. The predicted molar refractivity (Wildman–Crippen MR) is 134 cm³/mol. The average molecular weight is 495 g/mol. The van der Waals surface area contributed by atoms with Crippen LogP contribution in [0.2, 0.25) is 0 Å². The fourth-order valence-corrected chi connectivity index (χ4v) is 6.95. The van der Waals surface area contributed by atoms with Crippen molar-refractivity contribution in [3.63, 3.8) is 0 Å². The van der Waals surface area contributed by atoms with Crippen LogP contribution in [0.3, 0.4) is 0 Å². The zero-order chi connectivity index (χ0) is 23.3. The second-order valence-corrected chi connectivity index (χ2v) is 11.6. The number of para-hydroxylation sites is 1. The minimum absolute atomic E-state index is 0.0210. The summed E-state index contributed by atoms with van der Waals surface area (Å²) in [4.78, 5) is 14.3. The van der Waals surface area contributed by atoms with Crippen LogP contribution in [0.5, 0.6) is 0 Å². The molecule has 0 saturated carbocycles. The number of carboxylic acid groups (broad SMARTS) is 1. The lowest BCUT2D eigenvalue weighted by atomic mass is 10.1. The molecular weight excluding hydrogens is 464 g/mol. The Morgan fingerprint density at radius 1 is 1.22 bits per heavy atom. The van der Waals surface area contributed by atoms with Crippen molar-refractivity contribution >= 4 is 50.9 Å². The average Bonchev–Trinajstić information content (AvgIpc) is 2.86. The molecule has 0 aliphatic carbocycles. The van der Waals surface area contributed by atoms with E-state index in [1.807, 2.05) is 42.7 Å². The highest BCUT2D eigenvalue weighted by Gasteiger charge is 2.37. The number of rotatable bonds is 9. The molecule has 0 aromatic heterocycles. The standard InChI is InChI=1S/C23H30N2O4S3/c1-4-5-9-19-14-25(18-10-7-6-8-11-18)20-13-21(30-3)17(15-31-16-23(26)27)12-22(20)32(28,29)24(19)2/h6-8,10-13,19H,4-5,9,14-16H2,1-3H3,(H,26,27)/t19-/m1/s1. The highest BCUT2D eigenvalue weighted by atomic mass is 32.2. The van der Waals surface area contributed by atoms with Crippen LogP contribution < -0.4 is 4.90 Å². The number of anilines is 2. The van der Waals surface area contributed by atoms with Crippen molar-refractivity contribution in [2.24, 2.45) is 0 Å². The van der Waals surface area contributed by atoms with Gasteiger partial charge in [-0.25, -0.2) is 8.42 Å². The van der Waals surface area contributed by atoms with E-state index in [2.05, 4.69) is 11.8 Å². The van der Waals surface area contributed by atoms with Crippen LogP contribution >= 0.6 is 23.5 Å². The molecule has 2 aromatic rings. The first-order chi connectivity index (χ1) is 15.3. The van der Waals surface area contributed by atoms with Crippen molar-refractivity contribution < 1.29 is 18.3 Å². The van der Waals surface area contributed by atoms with Gasteiger partial charge in [0.05, 0.1) is 11.4 Å². The van der Waals surface area contributed by atoms with Crippen LogP contribution in [0.15, 0.2) is 52.3 Å². The summed E-state index contributed by atoms with van der Waals surface area (Å²) in [5, 5.41) is 8.99. The van der Waals surface area contributed by atoms with E-state index in [4.69, 9.17) is 5.11 Å². The van der Waals surface area contributed by atoms with Crippen LogP contribution in [0.1, 0.15) is 31.7 Å². The lowest BCUT2D eigenvalue weighted by Gasteiger charge is -2.29. The van der Waals surface area contributed by atoms with Gasteiger partial charge in [-0.2, -0.15) is 4.31 Å². The van der Waals surface area contributed by atoms with E-state index in [1.165, 1.54) is 16.1 Å². The summed E-state index contributed by atoms with van der Waals surface area (Å²) in [6.07, 6.45) is 4.71. The Balaban J connectivity index is 2.16. The summed E-state index contributed by atoms with van der Waals surface area (Å²) in [6.45, 7) is 2.69. The second-order valence-electron chi connectivity index (χ2n) is 7.78. The molecule has 1 heterocycles. The molecule has 3 rings (SSSR count). The molecule has 0 spiro atoms. The van der Waals surface area contributed by atoms with Crippen LogP contribution in [0, 0.1) is 0 Å². The monoisotopic (exact) mass is 494 g/mol. The van der Waals surface area contributed by atoms with Gasteiger partial charge in [0, 0.05) is 36.0 Å². The summed E-state index contributed by atoms with van der Waals surface area (Å²) in [7, 11) is -2.03. The highest BCUT2D eigenvalue weighted by Crippen LogP contribution is 2.41. The minimum Gasteiger partial charge on any atom is -0.481 e. The number of aliphatic carboxylic acids is 1. The van der Waals surface area contributed by atoms with E-state index in [0.717, 1.165) is 35.4 Å². The summed E-state index contributed by atoms with van der Waals surface area (Å²) in [5.41, 5.74) is 2.48. The molecule has 0 unspecified atom stereocenters. The molecule has 1 atom stereocenters. The topological polar surface area (TPSA) is 77.9 Å². The maximum atomic E-state index is 13.7. The molecule has 6 nitrogen and oxygen atoms in total. The number of likely N-dealkylation sites (N-methyl/N-ethyl adjacent to an activating group) is 1. The molecule has 0 radical (unpaired) electrons. The van der Waals surface area contributed by atoms with Crippen molar-refractivity contribution in [2.45, 2.75) is 47.8 Å². The number of hydrogen-bond acceptors (Lipinski definition) is 6. The molecule has 9 heteroatoms. The Morgan fingerprint density at radius 2 is 1.94 bits per heavy atom. The van der Waals surface area contributed by atoms with Gasteiger partial charge in [-0.3, -0.25) is 4.79 Å². The highest BCUT2D eigenvalue weighted by molar-refractivity contribution is 7.99. The molecule has 0 fully saturated rings. The van der Waals surface area contributed by atoms with E-state index in [0.29, 0.717) is 18.0 Å². The zero-order valence-electron chi connectivity index (χ0n) is 18.7. The van der Waals surface area contributed by atoms with E-state index in [9.17, 15) is 13.2 Å². The van der Waals surface area contributed by atoms with Crippen molar-refractivity contribution in [3.05, 3.63) is 48.0 Å². The SMILES string of the molecule is CCCC[C@@H]1CN(c2ccccc2)c2cc(SC)c(CSCC(=O)O)cc2S(=O)(=O)N1C. The number of carboxylic acids is 1. The molecule has 1 aliphatic heterocycles. The number of nitrogens with zero attached hydrogens (tertiary/aromatic N) is 2. The quantitative estimate of drug-likeness (QED) is 0.488. The number of fused-ring (bicyclic) bond motifs is 1. The van der Waals surface area contributed by atoms with Gasteiger partial charge in [-0.05, 0) is 42.5 Å². The number of sulfonamides is 1. The van der Waals surface area contributed by atoms with E-state index >= 15 is 0 Å². The third-order valence-electron chi connectivity index (χ3n) is 5.66. The lowest BCUT2D eigenvalue weighted by molar-refractivity contribution is -0.133. The van der Waals surface area contributed by atoms with Crippen molar-refractivity contribution in [2.75, 3.05) is 30.5 Å². The van der Waals surface area contributed by atoms with Crippen molar-refractivity contribution in [1.82, 2.24) is 4.31 Å². The number of unbranched alkanes of at least 4 members (excludes halogenated alkanes) is 1. The first-order valence-electron chi connectivity index (χ1n) is 10.6. The van der Waals surface area contributed by atoms with Gasteiger partial charge < -0.3 is 10.0 Å². The normalized spacial score (nSPS) is 18.2. The van der Waals surface area contributed by atoms with Gasteiger partial charge in [-0.1, -0.05) is 38.0 Å². The Bertz CT molecular complexity index is 1040. The van der Waals surface area contributed by atoms with Gasteiger partial charge in [0.1, 0.15) is 4.90 Å². The van der Waals surface area contributed by atoms with Crippen molar-refractivity contribution in [1.29, 1.82) is 0 Å². The Kier molecular flexibility index (Phi) is 8.55. The molecule has 1 N–H and O–H groups in total. The first-order valence-corrected chi connectivity index (χ1v) is 14.4. The van der Waals surface area contributed by atoms with Crippen LogP contribution in [0.25, 0.3) is 0 Å². The fourth-order valence-electron chi connectivity index (χ4n) is 3.90. The molecule has 0 bridgehead atoms. The fraction of sp³-hybridized carbons (Fsp3) is 0.435. The van der Waals surface area contributed by atoms with Crippen molar-refractivity contribution in [3.8, 4) is 0 Å². The van der Waals surface area contributed by atoms with E-state index in [1.54, 1.807) is 24.9 Å². The summed E-state index contributed by atoms with van der Waals surface area (Å²) < 4.78 is 28.9. The number of carbonyl (C=O) groups is 1. The lowest BCUT2D eigenvalue weighted by Crippen LogP contribution is -2.40. The van der Waals surface area contributed by atoms with Crippen LogP contribution in [0.4, 0.5) is 11.4 Å². The maximum absolute atomic E-state index is 13.7. The third-order valence-corrected chi connectivity index (χ3v) is 9.38. The first kappa shape index (κ1) is 25.0. The van der Waals surface area contributed by atoms with Crippen LogP contribution in [-0.4, -0.2) is 55.4 Å². The van der Waals surface area contributed by atoms with Gasteiger partial charge in [-0.15, -0.1) is 23.5 Å². The molecule has 2 aromatic carbocycles. The van der Waals surface area contributed by atoms with E-state index < -0.39 is 16.0 Å². The van der Waals surface area contributed by atoms with Gasteiger partial charge in [0.25, 0.3) is 0 Å². The smallest absolute Gasteiger partial charge is 0.313 e. The number of thioether (sulfide) groups is 2. The summed E-state index contributed by atoms with van der Waals surface area (Å²) in [5.74, 6) is -0.455. The Hall–Kier alpha value is -1.68. The van der Waals surface area contributed by atoms with Gasteiger partial charge in [0.2, 0.25) is 10.0 Å². The zero-order valence-corrected chi connectivity index (χ0v) is 21.1. The summed E-state index contributed by atoms with van der Waals surface area (Å²) >= 11 is 2.83. The molecule has 1 aliphatic rings. The van der Waals surface area contributed by atoms with Gasteiger partial charge in [0.15, 0.2) is 0 Å². The summed E-state index contributed by atoms with van der Waals surface area (Å²) in [6, 6.07) is 13.5. The Morgan fingerprint density at radius 3 is 2.56 bits per heavy atom. The largest absolute Gasteiger partial charge is 0.481 e. The second kappa shape index (κ2) is 11.0. The molecular formula is C23H30N2O4S3. The molecule has 32 heavy (non-hydrogen) atoms.